The summed E-state index contributed by atoms with van der Waals surface area (Å²) in [5.74, 6) is 1.51. The van der Waals surface area contributed by atoms with E-state index in [0.29, 0.717) is 29.8 Å². The molecule has 194 valence electrons. The smallest absolute Gasteiger partial charge is 0.252 e. The van der Waals surface area contributed by atoms with Crippen molar-refractivity contribution in [1.29, 1.82) is 0 Å². The number of carbonyl (C=O) groups is 2. The van der Waals surface area contributed by atoms with Crippen LogP contribution in [-0.2, 0) is 0 Å². The number of hydrogen-bond donors (Lipinski definition) is 2. The van der Waals surface area contributed by atoms with E-state index in [1.54, 1.807) is 13.3 Å². The van der Waals surface area contributed by atoms with Crippen LogP contribution in [0.5, 0.6) is 5.75 Å². The molecule has 4 rings (SSSR count). The Kier molecular flexibility index (Phi) is 8.46. The molecule has 2 aliphatic rings. The fraction of sp³-hybridized carbons (Fsp3) is 0.536. The second kappa shape index (κ2) is 11.7. The van der Waals surface area contributed by atoms with Crippen molar-refractivity contribution in [1.82, 2.24) is 20.5 Å². The van der Waals surface area contributed by atoms with Gasteiger partial charge in [-0.25, -0.2) is 4.98 Å². The third kappa shape index (κ3) is 5.64. The number of benzene rings is 1. The van der Waals surface area contributed by atoms with Crippen LogP contribution >= 0.6 is 0 Å². The van der Waals surface area contributed by atoms with Crippen molar-refractivity contribution >= 4 is 17.6 Å². The number of likely N-dealkylation sites (N-methyl/N-ethyl adjacent to an activating group) is 1. The minimum absolute atomic E-state index is 0.0428. The number of pyridine rings is 1. The fourth-order valence-electron chi connectivity index (χ4n) is 5.66. The zero-order chi connectivity index (χ0) is 25.7. The lowest BCUT2D eigenvalue weighted by Gasteiger charge is -2.40. The van der Waals surface area contributed by atoms with Gasteiger partial charge >= 0.3 is 0 Å². The summed E-state index contributed by atoms with van der Waals surface area (Å²) in [6.07, 6.45) is 5.64. The maximum atomic E-state index is 13.0. The lowest BCUT2D eigenvalue weighted by atomic mass is 9.96. The number of anilines is 1. The van der Waals surface area contributed by atoms with Crippen molar-refractivity contribution in [3.8, 4) is 5.75 Å². The molecule has 8 heteroatoms. The average Bonchev–Trinajstić information content (AvgIpc) is 3.16. The minimum Gasteiger partial charge on any atom is -0.496 e. The van der Waals surface area contributed by atoms with Gasteiger partial charge in [-0.2, -0.15) is 0 Å². The maximum absolute atomic E-state index is 13.0. The molecule has 8 nitrogen and oxygen atoms in total. The van der Waals surface area contributed by atoms with E-state index < -0.39 is 0 Å². The molecule has 0 spiro atoms. The van der Waals surface area contributed by atoms with E-state index in [2.05, 4.69) is 39.3 Å². The number of nitrogens with zero attached hydrogens (tertiary/aromatic N) is 3. The third-order valence-corrected chi connectivity index (χ3v) is 7.70. The Morgan fingerprint density at radius 1 is 1.08 bits per heavy atom. The molecule has 0 radical (unpaired) electrons. The summed E-state index contributed by atoms with van der Waals surface area (Å²) in [6.45, 7) is 9.59. The van der Waals surface area contributed by atoms with Gasteiger partial charge in [-0.05, 0) is 70.0 Å². The van der Waals surface area contributed by atoms with Gasteiger partial charge in [0.15, 0.2) is 0 Å². The SMILES string of the molecule is CCN(CC)CCNC(=O)c1ccc(N2[C@@H]3CC[C@H]2CC(NC(=O)c2cccc(OC)c2C)C3)nc1. The number of methoxy groups -OCH3 is 1. The molecule has 0 aliphatic carbocycles. The van der Waals surface area contributed by atoms with Crippen LogP contribution in [-0.4, -0.2) is 73.1 Å². The molecule has 2 aromatic rings. The highest BCUT2D eigenvalue weighted by Gasteiger charge is 2.42. The standard InChI is InChI=1S/C28H39N5O3/c1-5-32(6-2)15-14-29-27(34)20-10-13-26(30-18-20)33-22-11-12-23(33)17-21(16-22)31-28(35)24-8-7-9-25(36-4)19(24)3/h7-10,13,18,21-23H,5-6,11-12,14-17H2,1-4H3,(H,29,34)(H,31,35)/t21?,22-,23+. The van der Waals surface area contributed by atoms with Gasteiger partial charge in [0.05, 0.1) is 12.7 Å². The van der Waals surface area contributed by atoms with Gasteiger partial charge in [0.25, 0.3) is 11.8 Å². The molecule has 3 heterocycles. The highest BCUT2D eigenvalue weighted by Crippen LogP contribution is 2.38. The lowest BCUT2D eigenvalue weighted by Crippen LogP contribution is -2.50. The number of amides is 2. The van der Waals surface area contributed by atoms with Crippen LogP contribution in [0.15, 0.2) is 36.5 Å². The molecule has 1 aromatic heterocycles. The van der Waals surface area contributed by atoms with Crippen molar-refractivity contribution in [2.45, 2.75) is 64.6 Å². The highest BCUT2D eigenvalue weighted by atomic mass is 16.5. The van der Waals surface area contributed by atoms with Crippen LogP contribution in [0.25, 0.3) is 0 Å². The van der Waals surface area contributed by atoms with Crippen LogP contribution in [0.4, 0.5) is 5.82 Å². The van der Waals surface area contributed by atoms with E-state index in [9.17, 15) is 9.59 Å². The molecule has 1 unspecified atom stereocenters. The number of ether oxygens (including phenoxy) is 1. The zero-order valence-corrected chi connectivity index (χ0v) is 21.9. The number of nitrogens with one attached hydrogen (secondary N) is 2. The molecule has 2 N–H and O–H groups in total. The molecule has 2 fully saturated rings. The number of fused-ring (bicyclic) bond motifs is 2. The summed E-state index contributed by atoms with van der Waals surface area (Å²) < 4.78 is 5.37. The number of aromatic nitrogens is 1. The normalized spacial score (nSPS) is 20.9. The van der Waals surface area contributed by atoms with E-state index in [4.69, 9.17) is 4.74 Å². The van der Waals surface area contributed by atoms with E-state index in [1.165, 1.54) is 0 Å². The summed E-state index contributed by atoms with van der Waals surface area (Å²) in [4.78, 5) is 34.9. The minimum atomic E-state index is -0.0848. The first kappa shape index (κ1) is 25.9. The van der Waals surface area contributed by atoms with Crippen molar-refractivity contribution < 1.29 is 14.3 Å². The van der Waals surface area contributed by atoms with Crippen molar-refractivity contribution in [2.75, 3.05) is 38.2 Å². The predicted molar refractivity (Wildman–Crippen MR) is 142 cm³/mol. The Bertz CT molecular complexity index is 1040. The van der Waals surface area contributed by atoms with Gasteiger partial charge in [-0.3, -0.25) is 9.59 Å². The summed E-state index contributed by atoms with van der Waals surface area (Å²) in [5, 5.41) is 6.26. The van der Waals surface area contributed by atoms with Gasteiger partial charge < -0.3 is 25.2 Å². The van der Waals surface area contributed by atoms with Crippen LogP contribution in [0.1, 0.15) is 65.8 Å². The summed E-state index contributed by atoms with van der Waals surface area (Å²) in [5.41, 5.74) is 2.11. The summed E-state index contributed by atoms with van der Waals surface area (Å²) >= 11 is 0. The fourth-order valence-corrected chi connectivity index (χ4v) is 5.66. The van der Waals surface area contributed by atoms with Gasteiger partial charge in [-0.1, -0.05) is 19.9 Å². The molecule has 2 aliphatic heterocycles. The summed E-state index contributed by atoms with van der Waals surface area (Å²) in [6, 6.07) is 10.2. The Balaban J connectivity index is 1.34. The predicted octanol–water partition coefficient (Wildman–Crippen LogP) is 3.40. The lowest BCUT2D eigenvalue weighted by molar-refractivity contribution is 0.0923. The van der Waals surface area contributed by atoms with Crippen molar-refractivity contribution in [2.24, 2.45) is 0 Å². The van der Waals surface area contributed by atoms with Crippen molar-refractivity contribution in [3.05, 3.63) is 53.2 Å². The molecule has 0 saturated carbocycles. The Labute approximate surface area is 214 Å². The Morgan fingerprint density at radius 2 is 1.81 bits per heavy atom. The second-order valence-electron chi connectivity index (χ2n) is 9.75. The molecule has 2 amide bonds. The average molecular weight is 494 g/mol. The maximum Gasteiger partial charge on any atom is 0.252 e. The molecule has 36 heavy (non-hydrogen) atoms. The molecule has 3 atom stereocenters. The van der Waals surface area contributed by atoms with Gasteiger partial charge in [-0.15, -0.1) is 0 Å². The second-order valence-corrected chi connectivity index (χ2v) is 9.75. The number of carbonyl (C=O) groups excluding carboxylic acids is 2. The summed E-state index contributed by atoms with van der Waals surface area (Å²) in [7, 11) is 1.62. The first-order valence-corrected chi connectivity index (χ1v) is 13.1. The largest absolute Gasteiger partial charge is 0.496 e. The number of rotatable bonds is 10. The van der Waals surface area contributed by atoms with Crippen molar-refractivity contribution in [3.63, 3.8) is 0 Å². The van der Waals surface area contributed by atoms with Gasteiger partial charge in [0, 0.05) is 48.5 Å². The molecule has 2 bridgehead atoms. The van der Waals surface area contributed by atoms with E-state index in [-0.39, 0.29) is 17.9 Å². The van der Waals surface area contributed by atoms with Gasteiger partial charge in [0.1, 0.15) is 11.6 Å². The highest BCUT2D eigenvalue weighted by molar-refractivity contribution is 5.96. The third-order valence-electron chi connectivity index (χ3n) is 7.70. The topological polar surface area (TPSA) is 86.8 Å². The molecular formula is C28H39N5O3. The first-order chi connectivity index (χ1) is 17.4. The molecular weight excluding hydrogens is 454 g/mol. The van der Waals surface area contributed by atoms with Crippen LogP contribution in [0.2, 0.25) is 0 Å². The number of hydrogen-bond acceptors (Lipinski definition) is 6. The monoisotopic (exact) mass is 493 g/mol. The quantitative estimate of drug-likeness (QED) is 0.528. The molecule has 2 saturated heterocycles. The number of piperidine rings is 1. The van der Waals surface area contributed by atoms with Gasteiger partial charge in [0.2, 0.25) is 0 Å². The van der Waals surface area contributed by atoms with Crippen LogP contribution < -0.4 is 20.3 Å². The van der Waals surface area contributed by atoms with Crippen LogP contribution in [0, 0.1) is 6.92 Å². The van der Waals surface area contributed by atoms with E-state index in [1.807, 2.05) is 37.3 Å². The zero-order valence-electron chi connectivity index (χ0n) is 21.9. The Hall–Kier alpha value is -3.13. The first-order valence-electron chi connectivity index (χ1n) is 13.1. The van der Waals surface area contributed by atoms with Crippen LogP contribution in [0.3, 0.4) is 0 Å². The Morgan fingerprint density at radius 3 is 2.42 bits per heavy atom. The van der Waals surface area contributed by atoms with E-state index >= 15 is 0 Å². The van der Waals surface area contributed by atoms with E-state index in [0.717, 1.165) is 62.4 Å². The molecule has 1 aromatic carbocycles.